The van der Waals surface area contributed by atoms with Crippen LogP contribution >= 0.6 is 0 Å². The summed E-state index contributed by atoms with van der Waals surface area (Å²) < 4.78 is 0. The largest absolute Gasteiger partial charge is 0.370 e. The first-order chi connectivity index (χ1) is 5.97. The Labute approximate surface area is 77.8 Å². The van der Waals surface area contributed by atoms with Gasteiger partial charge in [0.25, 0.3) is 0 Å². The maximum absolute atomic E-state index is 10.8. The van der Waals surface area contributed by atoms with E-state index >= 15 is 0 Å². The molecule has 0 saturated heterocycles. The topological polar surface area (TPSA) is 98.2 Å². The molecule has 0 radical (unpaired) electrons. The van der Waals surface area contributed by atoms with Gasteiger partial charge in [0, 0.05) is 6.04 Å². The smallest absolute Gasteiger partial charge is 0.235 e. The zero-order chi connectivity index (χ0) is 10.4. The molecule has 0 spiro atoms. The number of nitrogens with one attached hydrogen (secondary N) is 1. The predicted octanol–water partition coefficient (Wildman–Crippen LogP) is -0.896. The SMILES string of the molecule is CCC(C)NC(CC(N)=O)C(N)=O. The van der Waals surface area contributed by atoms with Gasteiger partial charge in [0.05, 0.1) is 12.5 Å². The number of primary amides is 2. The fourth-order valence-electron chi connectivity index (χ4n) is 0.904. The Morgan fingerprint density at radius 3 is 2.23 bits per heavy atom. The molecule has 0 bridgehead atoms. The molecule has 0 heterocycles. The van der Waals surface area contributed by atoms with E-state index in [0.29, 0.717) is 0 Å². The highest BCUT2D eigenvalue weighted by molar-refractivity contribution is 5.86. The van der Waals surface area contributed by atoms with Gasteiger partial charge in [0.1, 0.15) is 0 Å². The molecule has 0 aromatic rings. The fraction of sp³-hybridized carbons (Fsp3) is 0.750. The van der Waals surface area contributed by atoms with Crippen LogP contribution in [0.15, 0.2) is 0 Å². The fourth-order valence-corrected chi connectivity index (χ4v) is 0.904. The van der Waals surface area contributed by atoms with Crippen LogP contribution in [0.2, 0.25) is 0 Å². The summed E-state index contributed by atoms with van der Waals surface area (Å²) in [6.07, 6.45) is 0.822. The second kappa shape index (κ2) is 5.53. The highest BCUT2D eigenvalue weighted by atomic mass is 16.2. The summed E-state index contributed by atoms with van der Waals surface area (Å²) >= 11 is 0. The molecule has 0 aliphatic carbocycles. The number of amides is 2. The Morgan fingerprint density at radius 1 is 1.38 bits per heavy atom. The van der Waals surface area contributed by atoms with Crippen LogP contribution in [0.3, 0.4) is 0 Å². The van der Waals surface area contributed by atoms with E-state index in [0.717, 1.165) is 6.42 Å². The van der Waals surface area contributed by atoms with Crippen LogP contribution in [0.5, 0.6) is 0 Å². The van der Waals surface area contributed by atoms with E-state index in [-0.39, 0.29) is 12.5 Å². The second-order valence-electron chi connectivity index (χ2n) is 3.10. The molecule has 0 rings (SSSR count). The third-order valence-corrected chi connectivity index (χ3v) is 1.85. The lowest BCUT2D eigenvalue weighted by molar-refractivity contribution is -0.125. The highest BCUT2D eigenvalue weighted by Gasteiger charge is 2.18. The molecule has 0 saturated carbocycles. The number of hydrogen-bond acceptors (Lipinski definition) is 3. The van der Waals surface area contributed by atoms with Gasteiger partial charge in [-0.2, -0.15) is 0 Å². The van der Waals surface area contributed by atoms with E-state index in [1.165, 1.54) is 0 Å². The summed E-state index contributed by atoms with van der Waals surface area (Å²) in [6.45, 7) is 3.89. The monoisotopic (exact) mass is 187 g/mol. The second-order valence-corrected chi connectivity index (χ2v) is 3.10. The Bertz CT molecular complexity index is 194. The van der Waals surface area contributed by atoms with E-state index in [1.54, 1.807) is 0 Å². The van der Waals surface area contributed by atoms with Crippen molar-refractivity contribution >= 4 is 11.8 Å². The Morgan fingerprint density at radius 2 is 1.92 bits per heavy atom. The van der Waals surface area contributed by atoms with E-state index in [4.69, 9.17) is 11.5 Å². The molecule has 0 aromatic heterocycles. The van der Waals surface area contributed by atoms with Crippen LogP contribution in [0, 0.1) is 0 Å². The van der Waals surface area contributed by atoms with E-state index < -0.39 is 17.9 Å². The van der Waals surface area contributed by atoms with Crippen molar-refractivity contribution in [1.82, 2.24) is 5.32 Å². The van der Waals surface area contributed by atoms with Gasteiger partial charge in [-0.25, -0.2) is 0 Å². The average molecular weight is 187 g/mol. The van der Waals surface area contributed by atoms with Crippen molar-refractivity contribution < 1.29 is 9.59 Å². The number of hydrogen-bond donors (Lipinski definition) is 3. The van der Waals surface area contributed by atoms with Gasteiger partial charge in [-0.1, -0.05) is 6.92 Å². The molecule has 0 aliphatic heterocycles. The van der Waals surface area contributed by atoms with Crippen molar-refractivity contribution in [3.8, 4) is 0 Å². The van der Waals surface area contributed by atoms with E-state index in [9.17, 15) is 9.59 Å². The normalized spacial score (nSPS) is 14.9. The lowest BCUT2D eigenvalue weighted by Crippen LogP contribution is -2.47. The standard InChI is InChI=1S/C8H17N3O2/c1-3-5(2)11-6(8(10)13)4-7(9)12/h5-6,11H,3-4H2,1-2H3,(H2,9,12)(H2,10,13). The van der Waals surface area contributed by atoms with Crippen molar-refractivity contribution in [2.24, 2.45) is 11.5 Å². The van der Waals surface area contributed by atoms with E-state index in [2.05, 4.69) is 5.32 Å². The molecule has 5 nitrogen and oxygen atoms in total. The molecule has 0 aromatic carbocycles. The molecule has 0 aliphatic rings. The highest BCUT2D eigenvalue weighted by Crippen LogP contribution is 1.95. The van der Waals surface area contributed by atoms with Crippen LogP contribution in [-0.4, -0.2) is 23.9 Å². The van der Waals surface area contributed by atoms with Gasteiger partial charge in [-0.15, -0.1) is 0 Å². The molecular weight excluding hydrogens is 170 g/mol. The average Bonchev–Trinajstić information content (AvgIpc) is 2.02. The third kappa shape index (κ3) is 5.19. The molecule has 76 valence electrons. The third-order valence-electron chi connectivity index (χ3n) is 1.85. The lowest BCUT2D eigenvalue weighted by atomic mass is 10.1. The van der Waals surface area contributed by atoms with Crippen LogP contribution in [0.25, 0.3) is 0 Å². The first-order valence-electron chi connectivity index (χ1n) is 4.31. The number of carbonyl (C=O) groups is 2. The van der Waals surface area contributed by atoms with Gasteiger partial charge >= 0.3 is 0 Å². The van der Waals surface area contributed by atoms with Gasteiger partial charge in [0.2, 0.25) is 11.8 Å². The van der Waals surface area contributed by atoms with Crippen LogP contribution in [-0.2, 0) is 9.59 Å². The van der Waals surface area contributed by atoms with Gasteiger partial charge in [-0.3, -0.25) is 9.59 Å². The maximum Gasteiger partial charge on any atom is 0.235 e. The summed E-state index contributed by atoms with van der Waals surface area (Å²) in [7, 11) is 0. The zero-order valence-electron chi connectivity index (χ0n) is 8.04. The Balaban J connectivity index is 4.10. The summed E-state index contributed by atoms with van der Waals surface area (Å²) in [4.78, 5) is 21.4. The lowest BCUT2D eigenvalue weighted by Gasteiger charge is -2.18. The molecule has 2 atom stereocenters. The first-order valence-corrected chi connectivity index (χ1v) is 4.31. The van der Waals surface area contributed by atoms with Crippen LogP contribution < -0.4 is 16.8 Å². The van der Waals surface area contributed by atoms with Crippen LogP contribution in [0.1, 0.15) is 26.7 Å². The van der Waals surface area contributed by atoms with Crippen molar-refractivity contribution in [3.63, 3.8) is 0 Å². The Hall–Kier alpha value is -1.10. The van der Waals surface area contributed by atoms with Crippen molar-refractivity contribution in [2.75, 3.05) is 0 Å². The molecule has 0 fully saturated rings. The summed E-state index contributed by atoms with van der Waals surface area (Å²) in [6, 6.07) is -0.496. The molecule has 2 unspecified atom stereocenters. The summed E-state index contributed by atoms with van der Waals surface area (Å²) in [5.74, 6) is -1.07. The maximum atomic E-state index is 10.8. The molecule has 5 heteroatoms. The number of carbonyl (C=O) groups excluding carboxylic acids is 2. The zero-order valence-corrected chi connectivity index (χ0v) is 8.04. The quantitative estimate of drug-likeness (QED) is 0.502. The molecule has 13 heavy (non-hydrogen) atoms. The van der Waals surface area contributed by atoms with Gasteiger partial charge < -0.3 is 16.8 Å². The van der Waals surface area contributed by atoms with Gasteiger partial charge in [0.15, 0.2) is 0 Å². The molecule has 5 N–H and O–H groups in total. The minimum absolute atomic E-state index is 0.0420. The number of nitrogens with two attached hydrogens (primary N) is 2. The van der Waals surface area contributed by atoms with E-state index in [1.807, 2.05) is 13.8 Å². The van der Waals surface area contributed by atoms with Crippen LogP contribution in [0.4, 0.5) is 0 Å². The Kier molecular flexibility index (Phi) is 5.06. The van der Waals surface area contributed by atoms with Crippen molar-refractivity contribution in [1.29, 1.82) is 0 Å². The minimum Gasteiger partial charge on any atom is -0.370 e. The number of rotatable bonds is 6. The summed E-state index contributed by atoms with van der Waals surface area (Å²) in [5, 5.41) is 2.92. The minimum atomic E-state index is -0.646. The van der Waals surface area contributed by atoms with Crippen molar-refractivity contribution in [2.45, 2.75) is 38.8 Å². The summed E-state index contributed by atoms with van der Waals surface area (Å²) in [5.41, 5.74) is 10.0. The van der Waals surface area contributed by atoms with Crippen molar-refractivity contribution in [3.05, 3.63) is 0 Å². The first kappa shape index (κ1) is 11.9. The molecular formula is C8H17N3O2. The van der Waals surface area contributed by atoms with Gasteiger partial charge in [-0.05, 0) is 13.3 Å². The molecule has 2 amide bonds. The predicted molar refractivity (Wildman–Crippen MR) is 49.7 cm³/mol.